The van der Waals surface area contributed by atoms with Crippen LogP contribution in [0.3, 0.4) is 0 Å². The lowest BCUT2D eigenvalue weighted by Gasteiger charge is -2.30. The van der Waals surface area contributed by atoms with Crippen LogP contribution in [-0.2, 0) is 19.1 Å². The fraction of sp³-hybridized carbons (Fsp3) is 0.364. The summed E-state index contributed by atoms with van der Waals surface area (Å²) in [5.41, 5.74) is -1.61. The maximum absolute atomic E-state index is 12.2. The number of ketones is 1. The normalized spacial score (nSPS) is 23.3. The van der Waals surface area contributed by atoms with E-state index < -0.39 is 17.4 Å². The number of carbonyl (C=O) groups excluding carboxylic acids is 2. The van der Waals surface area contributed by atoms with Gasteiger partial charge in [0.15, 0.2) is 5.76 Å². The van der Waals surface area contributed by atoms with Crippen molar-refractivity contribution in [3.63, 3.8) is 0 Å². The quantitative estimate of drug-likeness (QED) is 0.704. The second-order valence-corrected chi connectivity index (χ2v) is 5.13. The van der Waals surface area contributed by atoms with Gasteiger partial charge < -0.3 is 9.47 Å². The molecule has 0 aromatic rings. The summed E-state index contributed by atoms with van der Waals surface area (Å²) in [6.45, 7) is 1.18. The molecule has 0 bridgehead atoms. The molecule has 5 nitrogen and oxygen atoms in total. The highest BCUT2D eigenvalue weighted by molar-refractivity contribution is 9.12. The molecular formula is C11H9Br2NO4. The van der Waals surface area contributed by atoms with Crippen molar-refractivity contribution in [2.75, 3.05) is 7.11 Å². The zero-order valence-electron chi connectivity index (χ0n) is 9.62. The lowest BCUT2D eigenvalue weighted by molar-refractivity contribution is -0.158. The first kappa shape index (κ1) is 14.9. The molecule has 18 heavy (non-hydrogen) atoms. The maximum atomic E-state index is 12.2. The number of esters is 1. The summed E-state index contributed by atoms with van der Waals surface area (Å²) in [5, 5.41) is 8.81. The average Bonchev–Trinajstić information content (AvgIpc) is 2.26. The van der Waals surface area contributed by atoms with Crippen molar-refractivity contribution in [3.8, 4) is 6.07 Å². The number of hydrogen-bond acceptors (Lipinski definition) is 5. The Morgan fingerprint density at radius 1 is 1.56 bits per heavy atom. The van der Waals surface area contributed by atoms with E-state index in [4.69, 9.17) is 14.7 Å². The molecule has 0 saturated heterocycles. The summed E-state index contributed by atoms with van der Waals surface area (Å²) in [6.07, 6.45) is 1.09. The SMILES string of the molecule is COC1=C(Br)C(=O)[C@](CC#N)(OC(C)=O)C=C1Br. The van der Waals surface area contributed by atoms with Crippen molar-refractivity contribution in [2.45, 2.75) is 18.9 Å². The van der Waals surface area contributed by atoms with Gasteiger partial charge in [0, 0.05) is 6.92 Å². The number of methoxy groups -OCH3 is 1. The molecule has 96 valence electrons. The Morgan fingerprint density at radius 3 is 2.61 bits per heavy atom. The third kappa shape index (κ3) is 2.65. The van der Waals surface area contributed by atoms with Gasteiger partial charge in [-0.2, -0.15) is 5.26 Å². The highest BCUT2D eigenvalue weighted by atomic mass is 79.9. The molecule has 1 aliphatic carbocycles. The van der Waals surface area contributed by atoms with Gasteiger partial charge in [-0.25, -0.2) is 0 Å². The number of rotatable bonds is 3. The number of allylic oxidation sites excluding steroid dienone is 1. The molecule has 1 atom stereocenters. The summed E-state index contributed by atoms with van der Waals surface area (Å²) in [6, 6.07) is 1.84. The Bertz CT molecular complexity index is 504. The zero-order valence-corrected chi connectivity index (χ0v) is 12.8. The van der Waals surface area contributed by atoms with Crippen molar-refractivity contribution >= 4 is 43.6 Å². The minimum absolute atomic E-state index is 0.121. The van der Waals surface area contributed by atoms with Gasteiger partial charge in [0.05, 0.1) is 24.1 Å². The largest absolute Gasteiger partial charge is 0.494 e. The Hall–Kier alpha value is -1.13. The van der Waals surface area contributed by atoms with Crippen LogP contribution in [0.1, 0.15) is 13.3 Å². The average molecular weight is 379 g/mol. The smallest absolute Gasteiger partial charge is 0.303 e. The molecule has 0 aromatic heterocycles. The number of ether oxygens (including phenoxy) is 2. The maximum Gasteiger partial charge on any atom is 0.303 e. The van der Waals surface area contributed by atoms with Gasteiger partial charge in [0.2, 0.25) is 11.4 Å². The van der Waals surface area contributed by atoms with E-state index in [2.05, 4.69) is 31.9 Å². The number of hydrogen-bond donors (Lipinski definition) is 0. The van der Waals surface area contributed by atoms with Crippen LogP contribution in [0, 0.1) is 11.3 Å². The molecule has 0 amide bonds. The molecule has 0 saturated carbocycles. The molecule has 0 unspecified atom stereocenters. The number of carbonyl (C=O) groups is 2. The zero-order chi connectivity index (χ0) is 13.9. The summed E-state index contributed by atoms with van der Waals surface area (Å²) < 4.78 is 10.6. The molecule has 0 fully saturated rings. The van der Waals surface area contributed by atoms with Crippen LogP contribution in [-0.4, -0.2) is 24.5 Å². The van der Waals surface area contributed by atoms with Crippen molar-refractivity contribution in [2.24, 2.45) is 0 Å². The molecule has 0 aliphatic heterocycles. The fourth-order valence-electron chi connectivity index (χ4n) is 1.53. The van der Waals surface area contributed by atoms with Crippen LogP contribution >= 0.6 is 31.9 Å². The van der Waals surface area contributed by atoms with E-state index in [-0.39, 0.29) is 10.9 Å². The van der Waals surface area contributed by atoms with Crippen LogP contribution in [0.15, 0.2) is 20.8 Å². The van der Waals surface area contributed by atoms with Crippen LogP contribution in [0.2, 0.25) is 0 Å². The molecule has 0 spiro atoms. The fourth-order valence-corrected chi connectivity index (χ4v) is 3.24. The molecule has 7 heteroatoms. The standard InChI is InChI=1S/C11H9Br2NO4/c1-6(15)18-11(3-4-14)5-7(12)9(17-2)8(13)10(11)16/h5H,3H2,1-2H3/t11-/m1/s1. The van der Waals surface area contributed by atoms with E-state index in [0.717, 1.165) is 0 Å². The highest BCUT2D eigenvalue weighted by Gasteiger charge is 2.45. The summed E-state index contributed by atoms with van der Waals surface area (Å²) in [7, 11) is 1.40. The molecule has 0 aromatic carbocycles. The van der Waals surface area contributed by atoms with E-state index >= 15 is 0 Å². The van der Waals surface area contributed by atoms with Gasteiger partial charge >= 0.3 is 5.97 Å². The molecule has 1 rings (SSSR count). The molecule has 0 heterocycles. The molecular weight excluding hydrogens is 370 g/mol. The minimum Gasteiger partial charge on any atom is -0.494 e. The Balaban J connectivity index is 3.33. The predicted molar refractivity (Wildman–Crippen MR) is 69.7 cm³/mol. The summed E-state index contributed by atoms with van der Waals surface area (Å²) in [4.78, 5) is 23.3. The van der Waals surface area contributed by atoms with Gasteiger partial charge in [0.25, 0.3) is 0 Å². The monoisotopic (exact) mass is 377 g/mol. The summed E-state index contributed by atoms with van der Waals surface area (Å²) >= 11 is 6.30. The van der Waals surface area contributed by atoms with Crippen LogP contribution in [0.25, 0.3) is 0 Å². The second-order valence-electron chi connectivity index (χ2n) is 3.49. The highest BCUT2D eigenvalue weighted by Crippen LogP contribution is 2.38. The number of nitriles is 1. The second kappa shape index (κ2) is 5.67. The van der Waals surface area contributed by atoms with Gasteiger partial charge in [-0.05, 0) is 37.9 Å². The molecule has 0 radical (unpaired) electrons. The molecule has 0 N–H and O–H groups in total. The van der Waals surface area contributed by atoms with Crippen molar-refractivity contribution in [1.29, 1.82) is 5.26 Å². The third-order valence-corrected chi connectivity index (χ3v) is 3.54. The van der Waals surface area contributed by atoms with E-state index in [9.17, 15) is 9.59 Å². The lowest BCUT2D eigenvalue weighted by atomic mass is 9.90. The predicted octanol–water partition coefficient (Wildman–Crippen LogP) is 2.32. The Morgan fingerprint density at radius 2 is 2.17 bits per heavy atom. The first-order valence-corrected chi connectivity index (χ1v) is 6.40. The molecule has 1 aliphatic rings. The number of nitrogens with zero attached hydrogens (tertiary/aromatic N) is 1. The number of Topliss-reactive ketones (excluding diaryl/α,β-unsaturated/α-hetero) is 1. The van der Waals surface area contributed by atoms with Crippen LogP contribution in [0.4, 0.5) is 0 Å². The van der Waals surface area contributed by atoms with Crippen molar-refractivity contribution in [1.82, 2.24) is 0 Å². The number of halogens is 2. The van der Waals surface area contributed by atoms with Crippen LogP contribution < -0.4 is 0 Å². The first-order chi connectivity index (χ1) is 8.38. The van der Waals surface area contributed by atoms with E-state index in [1.807, 2.05) is 6.07 Å². The van der Waals surface area contributed by atoms with Crippen molar-refractivity contribution < 1.29 is 19.1 Å². The van der Waals surface area contributed by atoms with Gasteiger partial charge in [-0.1, -0.05) is 0 Å². The Labute approximate surface area is 121 Å². The van der Waals surface area contributed by atoms with Crippen molar-refractivity contribution in [3.05, 3.63) is 20.8 Å². The minimum atomic E-state index is -1.61. The Kier molecular flexibility index (Phi) is 4.71. The van der Waals surface area contributed by atoms with E-state index in [0.29, 0.717) is 10.2 Å². The van der Waals surface area contributed by atoms with Gasteiger partial charge in [-0.15, -0.1) is 0 Å². The third-order valence-electron chi connectivity index (χ3n) is 2.23. The summed E-state index contributed by atoms with van der Waals surface area (Å²) in [5.74, 6) is -0.878. The lowest BCUT2D eigenvalue weighted by Crippen LogP contribution is -2.43. The van der Waals surface area contributed by atoms with Crippen LogP contribution in [0.5, 0.6) is 0 Å². The van der Waals surface area contributed by atoms with E-state index in [1.165, 1.54) is 20.1 Å². The van der Waals surface area contributed by atoms with Gasteiger partial charge in [-0.3, -0.25) is 9.59 Å². The van der Waals surface area contributed by atoms with Gasteiger partial charge in [0.1, 0.15) is 4.48 Å². The topological polar surface area (TPSA) is 76.4 Å². The first-order valence-electron chi connectivity index (χ1n) is 4.81. The van der Waals surface area contributed by atoms with E-state index in [1.54, 1.807) is 0 Å².